The van der Waals surface area contributed by atoms with Crippen LogP contribution in [-0.2, 0) is 9.53 Å². The van der Waals surface area contributed by atoms with Crippen LogP contribution in [0.25, 0.3) is 0 Å². The normalized spacial score (nSPS) is 10.1. The molecule has 0 N–H and O–H groups in total. The number of esters is 1. The lowest BCUT2D eigenvalue weighted by Gasteiger charge is -2.03. The van der Waals surface area contributed by atoms with Crippen LogP contribution in [0.15, 0.2) is 22.7 Å². The van der Waals surface area contributed by atoms with Crippen LogP contribution >= 0.6 is 15.9 Å². The second kappa shape index (κ2) is 6.55. The summed E-state index contributed by atoms with van der Waals surface area (Å²) >= 11 is 3.39. The third-order valence-corrected chi connectivity index (χ3v) is 3.38. The van der Waals surface area contributed by atoms with Crippen molar-refractivity contribution in [2.45, 2.75) is 26.2 Å². The van der Waals surface area contributed by atoms with Crippen molar-refractivity contribution in [2.75, 3.05) is 7.11 Å². The number of hydrogen-bond acceptors (Lipinski definition) is 3. The van der Waals surface area contributed by atoms with Gasteiger partial charge < -0.3 is 4.74 Å². The van der Waals surface area contributed by atoms with Crippen molar-refractivity contribution in [2.24, 2.45) is 0 Å². The molecule has 1 rings (SSSR count). The van der Waals surface area contributed by atoms with Gasteiger partial charge in [-0.2, -0.15) is 0 Å². The third-order valence-electron chi connectivity index (χ3n) is 2.49. The van der Waals surface area contributed by atoms with E-state index in [9.17, 15) is 9.59 Å². The summed E-state index contributed by atoms with van der Waals surface area (Å²) in [5, 5.41) is 0. The lowest BCUT2D eigenvalue weighted by atomic mass is 10.0. The van der Waals surface area contributed by atoms with E-state index >= 15 is 0 Å². The van der Waals surface area contributed by atoms with Gasteiger partial charge in [0.05, 0.1) is 7.11 Å². The van der Waals surface area contributed by atoms with Crippen LogP contribution in [-0.4, -0.2) is 18.9 Å². The van der Waals surface area contributed by atoms with Gasteiger partial charge in [0.25, 0.3) is 0 Å². The minimum absolute atomic E-state index is 0.0597. The highest BCUT2D eigenvalue weighted by molar-refractivity contribution is 9.10. The lowest BCUT2D eigenvalue weighted by molar-refractivity contribution is -0.140. The molecule has 0 aliphatic carbocycles. The van der Waals surface area contributed by atoms with Gasteiger partial charge in [0.15, 0.2) is 5.78 Å². The van der Waals surface area contributed by atoms with Crippen LogP contribution in [0.2, 0.25) is 0 Å². The fourth-order valence-electron chi connectivity index (χ4n) is 1.46. The number of aryl methyl sites for hydroxylation is 1. The Morgan fingerprint density at radius 3 is 2.59 bits per heavy atom. The highest BCUT2D eigenvalue weighted by Gasteiger charge is 2.08. The molecule has 0 aliphatic rings. The Labute approximate surface area is 109 Å². The van der Waals surface area contributed by atoms with E-state index in [0.717, 1.165) is 10.0 Å². The number of ether oxygens (including phenoxy) is 1. The van der Waals surface area contributed by atoms with Crippen LogP contribution in [0.5, 0.6) is 0 Å². The van der Waals surface area contributed by atoms with Crippen molar-refractivity contribution < 1.29 is 14.3 Å². The highest BCUT2D eigenvalue weighted by Crippen LogP contribution is 2.18. The van der Waals surface area contributed by atoms with Gasteiger partial charge >= 0.3 is 5.97 Å². The van der Waals surface area contributed by atoms with Crippen LogP contribution in [0, 0.1) is 6.92 Å². The van der Waals surface area contributed by atoms with Gasteiger partial charge in [-0.15, -0.1) is 0 Å². The van der Waals surface area contributed by atoms with Crippen molar-refractivity contribution in [1.82, 2.24) is 0 Å². The zero-order valence-electron chi connectivity index (χ0n) is 9.96. The molecule has 0 amide bonds. The summed E-state index contributed by atoms with van der Waals surface area (Å²) in [5.41, 5.74) is 1.72. The summed E-state index contributed by atoms with van der Waals surface area (Å²) in [5.74, 6) is -0.214. The van der Waals surface area contributed by atoms with E-state index in [-0.39, 0.29) is 18.2 Å². The van der Waals surface area contributed by atoms with Gasteiger partial charge in [-0.25, -0.2) is 0 Å². The van der Waals surface area contributed by atoms with Crippen molar-refractivity contribution in [3.05, 3.63) is 33.8 Å². The van der Waals surface area contributed by atoms with Crippen LogP contribution in [0.4, 0.5) is 0 Å². The first-order valence-electron chi connectivity index (χ1n) is 5.40. The number of methoxy groups -OCH3 is 1. The standard InChI is InChI=1S/C13H15BrO3/c1-9-8-10(6-7-11(9)14)12(15)4-3-5-13(16)17-2/h6-8H,3-5H2,1-2H3. The number of carbonyl (C=O) groups is 2. The molecule has 0 unspecified atom stereocenters. The molecule has 0 saturated heterocycles. The zero-order valence-corrected chi connectivity index (χ0v) is 11.5. The van der Waals surface area contributed by atoms with Crippen LogP contribution in [0.3, 0.4) is 0 Å². The Hall–Kier alpha value is -1.16. The highest BCUT2D eigenvalue weighted by atomic mass is 79.9. The molecular weight excluding hydrogens is 284 g/mol. The molecule has 0 radical (unpaired) electrons. The smallest absolute Gasteiger partial charge is 0.305 e. The summed E-state index contributed by atoms with van der Waals surface area (Å²) < 4.78 is 5.51. The quantitative estimate of drug-likeness (QED) is 0.619. The van der Waals surface area contributed by atoms with Gasteiger partial charge in [-0.3, -0.25) is 9.59 Å². The molecule has 3 nitrogen and oxygen atoms in total. The zero-order chi connectivity index (χ0) is 12.8. The van der Waals surface area contributed by atoms with E-state index < -0.39 is 0 Å². The van der Waals surface area contributed by atoms with E-state index in [1.54, 1.807) is 6.07 Å². The minimum atomic E-state index is -0.273. The monoisotopic (exact) mass is 298 g/mol. The van der Waals surface area contributed by atoms with E-state index in [2.05, 4.69) is 20.7 Å². The maximum Gasteiger partial charge on any atom is 0.305 e. The molecule has 0 aliphatic heterocycles. The average Bonchev–Trinajstić information content (AvgIpc) is 2.32. The van der Waals surface area contributed by atoms with E-state index in [0.29, 0.717) is 18.4 Å². The number of Topliss-reactive ketones (excluding diaryl/α,β-unsaturated/α-hetero) is 1. The maximum absolute atomic E-state index is 11.8. The molecule has 0 saturated carbocycles. The first-order chi connectivity index (χ1) is 8.04. The molecule has 92 valence electrons. The molecule has 1 aromatic rings. The fraction of sp³-hybridized carbons (Fsp3) is 0.385. The maximum atomic E-state index is 11.8. The summed E-state index contributed by atoms with van der Waals surface area (Å²) in [4.78, 5) is 22.7. The Morgan fingerprint density at radius 1 is 1.29 bits per heavy atom. The van der Waals surface area contributed by atoms with Crippen molar-refractivity contribution >= 4 is 27.7 Å². The molecule has 0 atom stereocenters. The summed E-state index contributed by atoms with van der Waals surface area (Å²) in [6.45, 7) is 1.94. The average molecular weight is 299 g/mol. The summed E-state index contributed by atoms with van der Waals surface area (Å²) in [6, 6.07) is 5.50. The second-order valence-corrected chi connectivity index (χ2v) is 4.67. The predicted molar refractivity (Wildman–Crippen MR) is 69.1 cm³/mol. The molecule has 1 aromatic carbocycles. The van der Waals surface area contributed by atoms with E-state index in [1.807, 2.05) is 19.1 Å². The molecule has 0 spiro atoms. The van der Waals surface area contributed by atoms with Crippen LogP contribution in [0.1, 0.15) is 35.2 Å². The van der Waals surface area contributed by atoms with Gasteiger partial charge in [-0.1, -0.05) is 22.0 Å². The predicted octanol–water partition coefficient (Wildman–Crippen LogP) is 3.28. The Kier molecular flexibility index (Phi) is 5.35. The molecule has 0 bridgehead atoms. The fourth-order valence-corrected chi connectivity index (χ4v) is 1.70. The molecule has 0 aromatic heterocycles. The largest absolute Gasteiger partial charge is 0.469 e. The van der Waals surface area contributed by atoms with Gasteiger partial charge in [-0.05, 0) is 31.0 Å². The second-order valence-electron chi connectivity index (χ2n) is 3.82. The number of benzene rings is 1. The summed E-state index contributed by atoms with van der Waals surface area (Å²) in [6.07, 6.45) is 1.19. The van der Waals surface area contributed by atoms with Crippen molar-refractivity contribution in [3.63, 3.8) is 0 Å². The van der Waals surface area contributed by atoms with Crippen LogP contribution < -0.4 is 0 Å². The Bertz CT molecular complexity index is 427. The van der Waals surface area contributed by atoms with Crippen molar-refractivity contribution in [1.29, 1.82) is 0 Å². The SMILES string of the molecule is COC(=O)CCCC(=O)c1ccc(Br)c(C)c1. The van der Waals surface area contributed by atoms with Crippen molar-refractivity contribution in [3.8, 4) is 0 Å². The number of carbonyl (C=O) groups excluding carboxylic acids is 2. The Balaban J connectivity index is 2.52. The number of rotatable bonds is 5. The number of ketones is 1. The first-order valence-corrected chi connectivity index (χ1v) is 6.20. The van der Waals surface area contributed by atoms with Gasteiger partial charge in [0.1, 0.15) is 0 Å². The first kappa shape index (κ1) is 13.9. The minimum Gasteiger partial charge on any atom is -0.469 e. The topological polar surface area (TPSA) is 43.4 Å². The molecule has 0 fully saturated rings. The summed E-state index contributed by atoms with van der Waals surface area (Å²) in [7, 11) is 1.35. The Morgan fingerprint density at radius 2 is 2.00 bits per heavy atom. The third kappa shape index (κ3) is 4.30. The van der Waals surface area contributed by atoms with E-state index in [4.69, 9.17) is 0 Å². The molecule has 4 heteroatoms. The van der Waals surface area contributed by atoms with Gasteiger partial charge in [0.2, 0.25) is 0 Å². The number of hydrogen-bond donors (Lipinski definition) is 0. The number of halogens is 1. The molecule has 0 heterocycles. The van der Waals surface area contributed by atoms with Gasteiger partial charge in [0, 0.05) is 22.9 Å². The van der Waals surface area contributed by atoms with E-state index in [1.165, 1.54) is 7.11 Å². The molecule has 17 heavy (non-hydrogen) atoms. The molecular formula is C13H15BrO3. The lowest BCUT2D eigenvalue weighted by Crippen LogP contribution is -2.04.